The number of aromatic nitrogens is 1. The molecule has 0 unspecified atom stereocenters. The molecule has 2 aliphatic rings. The summed E-state index contributed by atoms with van der Waals surface area (Å²) in [6, 6.07) is 2.92. The van der Waals surface area contributed by atoms with Crippen LogP contribution in [0.4, 0.5) is 8.78 Å². The van der Waals surface area contributed by atoms with Crippen molar-refractivity contribution in [2.45, 2.75) is 44.9 Å². The van der Waals surface area contributed by atoms with Crippen LogP contribution in [0.1, 0.15) is 52.6 Å². The van der Waals surface area contributed by atoms with Gasteiger partial charge < -0.3 is 19.7 Å². The first-order valence-corrected chi connectivity index (χ1v) is 11.5. The van der Waals surface area contributed by atoms with Crippen LogP contribution in [0, 0.1) is 11.6 Å². The second kappa shape index (κ2) is 10.0. The highest BCUT2D eigenvalue weighted by atomic mass is 19.1. The molecule has 0 saturated carbocycles. The molecule has 1 fully saturated rings. The summed E-state index contributed by atoms with van der Waals surface area (Å²) in [7, 11) is 2.86. The fraction of sp³-hybridized carbons (Fsp3) is 0.458. The number of benzene rings is 1. The number of methoxy groups -OCH3 is 2. The summed E-state index contributed by atoms with van der Waals surface area (Å²) in [4.78, 5) is 41.3. The molecule has 35 heavy (non-hydrogen) atoms. The molecule has 3 heterocycles. The minimum atomic E-state index is -0.811. The first kappa shape index (κ1) is 24.6. The second-order valence-corrected chi connectivity index (χ2v) is 8.51. The number of ether oxygens (including phenoxy) is 2. The number of hydrogen-bond acceptors (Lipinski definition) is 6. The molecular formula is C24H28F2N4O5. The van der Waals surface area contributed by atoms with Crippen LogP contribution in [0.3, 0.4) is 0 Å². The van der Waals surface area contributed by atoms with Gasteiger partial charge >= 0.3 is 0 Å². The van der Waals surface area contributed by atoms with Gasteiger partial charge in [0.15, 0.2) is 11.4 Å². The van der Waals surface area contributed by atoms with Crippen molar-refractivity contribution in [3.05, 3.63) is 63.1 Å². The van der Waals surface area contributed by atoms with Crippen molar-refractivity contribution in [1.29, 1.82) is 0 Å². The molecule has 2 atom stereocenters. The third-order valence-corrected chi connectivity index (χ3v) is 6.50. The molecule has 1 aromatic carbocycles. The van der Waals surface area contributed by atoms with Gasteiger partial charge in [-0.15, -0.1) is 0 Å². The van der Waals surface area contributed by atoms with Gasteiger partial charge in [0.2, 0.25) is 5.43 Å². The summed E-state index contributed by atoms with van der Waals surface area (Å²) in [5.41, 5.74) is -0.903. The van der Waals surface area contributed by atoms with E-state index in [0.29, 0.717) is 13.2 Å². The van der Waals surface area contributed by atoms with Crippen molar-refractivity contribution in [2.24, 2.45) is 0 Å². The zero-order valence-corrected chi connectivity index (χ0v) is 19.8. The van der Waals surface area contributed by atoms with Crippen LogP contribution in [0.25, 0.3) is 0 Å². The second-order valence-electron chi connectivity index (χ2n) is 8.51. The maximum Gasteiger partial charge on any atom is 0.278 e. The normalized spacial score (nSPS) is 19.3. The molecule has 2 aliphatic heterocycles. The summed E-state index contributed by atoms with van der Waals surface area (Å²) in [5, 5.41) is 4.47. The average molecular weight is 491 g/mol. The molecule has 9 nitrogen and oxygen atoms in total. The van der Waals surface area contributed by atoms with E-state index in [1.54, 1.807) is 12.0 Å². The number of fused-ring (bicyclic) bond motifs is 3. The van der Waals surface area contributed by atoms with E-state index < -0.39 is 23.0 Å². The quantitative estimate of drug-likeness (QED) is 0.638. The Morgan fingerprint density at radius 2 is 1.97 bits per heavy atom. The van der Waals surface area contributed by atoms with E-state index in [1.165, 1.54) is 24.0 Å². The Morgan fingerprint density at radius 1 is 1.20 bits per heavy atom. The lowest BCUT2D eigenvalue weighted by Gasteiger charge is -2.52. The lowest BCUT2D eigenvalue weighted by molar-refractivity contribution is 0.0425. The van der Waals surface area contributed by atoms with Crippen molar-refractivity contribution < 1.29 is 27.8 Å². The average Bonchev–Trinajstić information content (AvgIpc) is 2.83. The maximum absolute atomic E-state index is 14.0. The van der Waals surface area contributed by atoms with Crippen molar-refractivity contribution >= 4 is 11.8 Å². The molecule has 0 bridgehead atoms. The predicted molar refractivity (Wildman–Crippen MR) is 123 cm³/mol. The predicted octanol–water partition coefficient (Wildman–Crippen LogP) is 2.00. The van der Waals surface area contributed by atoms with Crippen LogP contribution < -0.4 is 20.5 Å². The van der Waals surface area contributed by atoms with E-state index in [1.807, 2.05) is 11.9 Å². The Labute approximate surface area is 201 Å². The Bertz CT molecular complexity index is 1200. The minimum absolute atomic E-state index is 0.0414. The summed E-state index contributed by atoms with van der Waals surface area (Å²) < 4.78 is 39.5. The van der Waals surface area contributed by atoms with E-state index >= 15 is 0 Å². The molecule has 188 valence electrons. The molecule has 1 saturated heterocycles. The van der Waals surface area contributed by atoms with Crippen molar-refractivity contribution in [3.8, 4) is 5.75 Å². The fourth-order valence-electron chi connectivity index (χ4n) is 4.88. The van der Waals surface area contributed by atoms with Gasteiger partial charge in [0.1, 0.15) is 23.4 Å². The van der Waals surface area contributed by atoms with Gasteiger partial charge in [-0.3, -0.25) is 24.1 Å². The Balaban J connectivity index is 1.77. The van der Waals surface area contributed by atoms with E-state index in [0.717, 1.165) is 31.4 Å². The summed E-state index contributed by atoms with van der Waals surface area (Å²) in [6.45, 7) is 2.44. The van der Waals surface area contributed by atoms with Crippen molar-refractivity contribution in [3.63, 3.8) is 0 Å². The number of pyridine rings is 1. The maximum atomic E-state index is 14.0. The van der Waals surface area contributed by atoms with Gasteiger partial charge in [0, 0.05) is 38.0 Å². The van der Waals surface area contributed by atoms with E-state index in [4.69, 9.17) is 9.47 Å². The number of piperidine rings is 1. The van der Waals surface area contributed by atoms with Gasteiger partial charge in [0.05, 0.1) is 19.8 Å². The van der Waals surface area contributed by atoms with E-state index in [2.05, 4.69) is 5.32 Å². The van der Waals surface area contributed by atoms with Gasteiger partial charge in [-0.1, -0.05) is 6.07 Å². The highest BCUT2D eigenvalue weighted by Crippen LogP contribution is 2.32. The van der Waals surface area contributed by atoms with Crippen molar-refractivity contribution in [2.75, 3.05) is 32.4 Å². The van der Waals surface area contributed by atoms with Gasteiger partial charge in [-0.25, -0.2) is 8.78 Å². The lowest BCUT2D eigenvalue weighted by Crippen LogP contribution is -2.67. The summed E-state index contributed by atoms with van der Waals surface area (Å²) >= 11 is 0. The molecular weight excluding hydrogens is 462 g/mol. The number of amides is 2. The van der Waals surface area contributed by atoms with Crippen LogP contribution in [0.5, 0.6) is 5.75 Å². The van der Waals surface area contributed by atoms with Crippen molar-refractivity contribution in [1.82, 2.24) is 14.9 Å². The largest absolute Gasteiger partial charge is 0.491 e. The van der Waals surface area contributed by atoms with Crippen LogP contribution in [-0.2, 0) is 11.3 Å². The van der Waals surface area contributed by atoms with E-state index in [9.17, 15) is 23.2 Å². The number of nitrogens with zero attached hydrogens (tertiary/aromatic N) is 3. The van der Waals surface area contributed by atoms with Crippen LogP contribution >= 0.6 is 0 Å². The molecule has 0 aliphatic carbocycles. The fourth-order valence-corrected chi connectivity index (χ4v) is 4.88. The van der Waals surface area contributed by atoms with E-state index in [-0.39, 0.29) is 47.2 Å². The first-order valence-electron chi connectivity index (χ1n) is 11.5. The topological polar surface area (TPSA) is 93.1 Å². The molecule has 11 heteroatoms. The first-order chi connectivity index (χ1) is 16.8. The Kier molecular flexibility index (Phi) is 7.06. The summed E-state index contributed by atoms with van der Waals surface area (Å²) in [6.07, 6.45) is 3.48. The Hall–Kier alpha value is -3.47. The van der Waals surface area contributed by atoms with Gasteiger partial charge in [-0.2, -0.15) is 0 Å². The molecule has 4 rings (SSSR count). The molecule has 0 radical (unpaired) electrons. The molecule has 1 aromatic heterocycles. The third-order valence-electron chi connectivity index (χ3n) is 6.50. The third kappa shape index (κ3) is 4.36. The number of carbonyl (C=O) groups is 2. The van der Waals surface area contributed by atoms with Crippen LogP contribution in [0.15, 0.2) is 29.2 Å². The van der Waals surface area contributed by atoms with Crippen LogP contribution in [0.2, 0.25) is 0 Å². The zero-order valence-electron chi connectivity index (χ0n) is 19.8. The van der Waals surface area contributed by atoms with Gasteiger partial charge in [-0.05, 0) is 32.3 Å². The smallest absolute Gasteiger partial charge is 0.278 e. The molecule has 2 amide bonds. The van der Waals surface area contributed by atoms with Crippen LogP contribution in [-0.4, -0.2) is 61.0 Å². The number of nitrogens with one attached hydrogen (secondary N) is 1. The number of halogens is 2. The molecule has 2 aromatic rings. The highest BCUT2D eigenvalue weighted by molar-refractivity contribution is 5.99. The lowest BCUT2D eigenvalue weighted by atomic mass is 9.99. The summed E-state index contributed by atoms with van der Waals surface area (Å²) in [5.74, 6) is -2.92. The number of hydrogen-bond donors (Lipinski definition) is 1. The minimum Gasteiger partial charge on any atom is -0.491 e. The molecule has 1 N–H and O–H groups in total. The Morgan fingerprint density at radius 3 is 2.63 bits per heavy atom. The highest BCUT2D eigenvalue weighted by Gasteiger charge is 2.44. The number of carbonyl (C=O) groups excluding carboxylic acids is 2. The van der Waals surface area contributed by atoms with Gasteiger partial charge in [0.25, 0.3) is 11.8 Å². The number of rotatable bonds is 7. The zero-order chi connectivity index (χ0) is 25.3. The standard InChI is InChI=1S/C24H28F2N4O5/c1-4-28-19-7-5-6-16(13-34-2)30(19)29-12-17(21(31)22(35-3)20(29)24(28)33)23(32)27-11-14-8-9-15(25)10-18(14)26/h8-10,12,16,19H,4-7,11,13H2,1-3H3,(H,27,32)/t16-,19-/m0/s1. The SMILES string of the molecule is CCN1C(=O)c2c(OC)c(=O)c(C(=O)NCc3ccc(F)cc3F)cn2N2[C@H](COC)CCC[C@@H]12. The monoisotopic (exact) mass is 490 g/mol. The molecule has 0 spiro atoms.